The summed E-state index contributed by atoms with van der Waals surface area (Å²) in [6.07, 6.45) is 1.59. The second kappa shape index (κ2) is 10.5. The Morgan fingerprint density at radius 2 is 1.68 bits per heavy atom. The first-order valence-corrected chi connectivity index (χ1v) is 9.46. The van der Waals surface area contributed by atoms with E-state index in [4.69, 9.17) is 9.47 Å². The Morgan fingerprint density at radius 3 is 2.29 bits per heavy atom. The lowest BCUT2D eigenvalue weighted by Crippen LogP contribution is -2.50. The van der Waals surface area contributed by atoms with Gasteiger partial charge in [-0.25, -0.2) is 0 Å². The molecule has 1 aliphatic heterocycles. The largest absolute Gasteiger partial charge is 0.457 e. The van der Waals surface area contributed by atoms with Crippen LogP contribution in [0.25, 0.3) is 0 Å². The summed E-state index contributed by atoms with van der Waals surface area (Å²) in [6, 6.07) is 17.5. The van der Waals surface area contributed by atoms with E-state index in [0.29, 0.717) is 6.61 Å². The van der Waals surface area contributed by atoms with Crippen molar-refractivity contribution in [3.8, 4) is 11.5 Å². The number of para-hydroxylation sites is 1. The van der Waals surface area contributed by atoms with E-state index in [1.807, 2.05) is 61.5 Å². The number of rotatable bonds is 7. The zero-order chi connectivity index (χ0) is 19.1. The van der Waals surface area contributed by atoms with Gasteiger partial charge in [0.1, 0.15) is 11.5 Å². The summed E-state index contributed by atoms with van der Waals surface area (Å²) in [5, 5.41) is 6.49. The van der Waals surface area contributed by atoms with Crippen LogP contribution in [0.3, 0.4) is 0 Å². The topological polar surface area (TPSA) is 59.6 Å². The van der Waals surface area contributed by atoms with Gasteiger partial charge in [-0.3, -0.25) is 4.79 Å². The van der Waals surface area contributed by atoms with Gasteiger partial charge in [-0.1, -0.05) is 30.3 Å². The average Bonchev–Trinajstić information content (AvgIpc) is 2.70. The van der Waals surface area contributed by atoms with Crippen molar-refractivity contribution in [3.05, 3.63) is 60.2 Å². The van der Waals surface area contributed by atoms with E-state index < -0.39 is 5.41 Å². The number of nitrogens with one attached hydrogen (secondary N) is 2. The maximum Gasteiger partial charge on any atom is 0.229 e. The Morgan fingerprint density at radius 1 is 1.07 bits per heavy atom. The number of benzene rings is 2. The molecule has 1 unspecified atom stereocenters. The molecule has 0 saturated carbocycles. The van der Waals surface area contributed by atoms with E-state index in [9.17, 15) is 4.79 Å². The molecule has 1 fully saturated rings. The Kier molecular flexibility index (Phi) is 8.30. The number of carbonyl (C=O) groups excluding carboxylic acids is 1. The summed E-state index contributed by atoms with van der Waals surface area (Å²) in [6.45, 7) is 4.15. The standard InChI is InChI=1S/C22H28N2O3.ClH/c1-17(24-21(25)22(16-26-2)12-14-23-15-13-22)18-8-10-20(11-9-18)27-19-6-4-3-5-7-19;/h3-11,17,23H,12-16H2,1-2H3,(H,24,25);1H. The fraction of sp³-hybridized carbons (Fsp3) is 0.409. The van der Waals surface area contributed by atoms with Crippen LogP contribution in [0.5, 0.6) is 11.5 Å². The van der Waals surface area contributed by atoms with Gasteiger partial charge in [0, 0.05) is 7.11 Å². The number of amides is 1. The van der Waals surface area contributed by atoms with Gasteiger partial charge in [-0.05, 0) is 62.7 Å². The van der Waals surface area contributed by atoms with Crippen LogP contribution < -0.4 is 15.4 Å². The normalized spacial score (nSPS) is 16.5. The molecule has 6 heteroatoms. The third kappa shape index (κ3) is 5.47. The molecule has 1 amide bonds. The van der Waals surface area contributed by atoms with Crippen molar-refractivity contribution in [1.82, 2.24) is 10.6 Å². The minimum absolute atomic E-state index is 0. The van der Waals surface area contributed by atoms with Gasteiger partial charge in [0.2, 0.25) is 5.91 Å². The molecule has 0 aromatic heterocycles. The van der Waals surface area contributed by atoms with Gasteiger partial charge in [0.05, 0.1) is 18.1 Å². The van der Waals surface area contributed by atoms with Crippen molar-refractivity contribution in [2.75, 3.05) is 26.8 Å². The van der Waals surface area contributed by atoms with Gasteiger partial charge in [-0.15, -0.1) is 12.4 Å². The molecule has 1 atom stereocenters. The lowest BCUT2D eigenvalue weighted by Gasteiger charge is -2.36. The number of piperidine rings is 1. The van der Waals surface area contributed by atoms with Crippen LogP contribution in [0, 0.1) is 5.41 Å². The van der Waals surface area contributed by atoms with Crippen molar-refractivity contribution in [2.45, 2.75) is 25.8 Å². The molecule has 1 heterocycles. The highest BCUT2D eigenvalue weighted by molar-refractivity contribution is 5.85. The molecule has 2 N–H and O–H groups in total. The van der Waals surface area contributed by atoms with Crippen molar-refractivity contribution in [2.24, 2.45) is 5.41 Å². The van der Waals surface area contributed by atoms with Crippen LogP contribution in [0.15, 0.2) is 54.6 Å². The van der Waals surface area contributed by atoms with Crippen molar-refractivity contribution >= 4 is 18.3 Å². The zero-order valence-corrected chi connectivity index (χ0v) is 17.3. The second-order valence-electron chi connectivity index (χ2n) is 7.14. The third-order valence-electron chi connectivity index (χ3n) is 5.17. The van der Waals surface area contributed by atoms with E-state index in [0.717, 1.165) is 43.0 Å². The summed E-state index contributed by atoms with van der Waals surface area (Å²) >= 11 is 0. The Labute approximate surface area is 173 Å². The monoisotopic (exact) mass is 404 g/mol. The first-order valence-electron chi connectivity index (χ1n) is 9.46. The van der Waals surface area contributed by atoms with Crippen molar-refractivity contribution in [3.63, 3.8) is 0 Å². The minimum atomic E-state index is -0.440. The molecule has 0 radical (unpaired) electrons. The van der Waals surface area contributed by atoms with Crippen molar-refractivity contribution in [1.29, 1.82) is 0 Å². The lowest BCUT2D eigenvalue weighted by molar-refractivity contribution is -0.136. The van der Waals surface area contributed by atoms with Gasteiger partial charge in [-0.2, -0.15) is 0 Å². The van der Waals surface area contributed by atoms with Crippen LogP contribution in [-0.4, -0.2) is 32.7 Å². The molecule has 1 saturated heterocycles. The molecular weight excluding hydrogens is 376 g/mol. The second-order valence-corrected chi connectivity index (χ2v) is 7.14. The van der Waals surface area contributed by atoms with E-state index in [-0.39, 0.29) is 24.4 Å². The molecular formula is C22H29ClN2O3. The Hall–Kier alpha value is -2.08. The lowest BCUT2D eigenvalue weighted by atomic mass is 9.78. The number of ether oxygens (including phenoxy) is 2. The molecule has 28 heavy (non-hydrogen) atoms. The highest BCUT2D eigenvalue weighted by atomic mass is 35.5. The van der Waals surface area contributed by atoms with E-state index in [1.165, 1.54) is 0 Å². The number of methoxy groups -OCH3 is 1. The highest BCUT2D eigenvalue weighted by Crippen LogP contribution is 2.31. The highest BCUT2D eigenvalue weighted by Gasteiger charge is 2.40. The minimum Gasteiger partial charge on any atom is -0.457 e. The van der Waals surface area contributed by atoms with Crippen molar-refractivity contribution < 1.29 is 14.3 Å². The Balaban J connectivity index is 0.00000280. The third-order valence-corrected chi connectivity index (χ3v) is 5.17. The number of halogens is 1. The van der Waals surface area contributed by atoms with E-state index >= 15 is 0 Å². The molecule has 2 aromatic carbocycles. The summed E-state index contributed by atoms with van der Waals surface area (Å²) in [5.41, 5.74) is 0.607. The van der Waals surface area contributed by atoms with Crippen LogP contribution in [0.4, 0.5) is 0 Å². The fourth-order valence-corrected chi connectivity index (χ4v) is 3.50. The average molecular weight is 405 g/mol. The molecule has 152 valence electrons. The number of hydrogen-bond acceptors (Lipinski definition) is 4. The number of carbonyl (C=O) groups is 1. The first kappa shape index (κ1) is 22.2. The number of hydrogen-bond donors (Lipinski definition) is 2. The SMILES string of the molecule is COCC1(C(=O)NC(C)c2ccc(Oc3ccccc3)cc2)CCNCC1.Cl. The summed E-state index contributed by atoms with van der Waals surface area (Å²) in [7, 11) is 1.66. The first-order chi connectivity index (χ1) is 13.1. The molecule has 5 nitrogen and oxygen atoms in total. The van der Waals surface area contributed by atoms with Crippen LogP contribution in [-0.2, 0) is 9.53 Å². The quantitative estimate of drug-likeness (QED) is 0.729. The molecule has 0 aliphatic carbocycles. The molecule has 2 aromatic rings. The van der Waals surface area contributed by atoms with Crippen LogP contribution >= 0.6 is 12.4 Å². The molecule has 0 bridgehead atoms. The van der Waals surface area contributed by atoms with Gasteiger partial charge in [0.25, 0.3) is 0 Å². The molecule has 1 aliphatic rings. The van der Waals surface area contributed by atoms with E-state index in [2.05, 4.69) is 10.6 Å². The Bertz CT molecular complexity index is 726. The maximum absolute atomic E-state index is 13.0. The summed E-state index contributed by atoms with van der Waals surface area (Å²) in [4.78, 5) is 13.0. The zero-order valence-electron chi connectivity index (χ0n) is 16.4. The van der Waals surface area contributed by atoms with Gasteiger partial charge >= 0.3 is 0 Å². The molecule has 0 spiro atoms. The van der Waals surface area contributed by atoms with E-state index in [1.54, 1.807) is 7.11 Å². The van der Waals surface area contributed by atoms with Crippen LogP contribution in [0.2, 0.25) is 0 Å². The summed E-state index contributed by atoms with van der Waals surface area (Å²) < 4.78 is 11.2. The smallest absolute Gasteiger partial charge is 0.229 e. The predicted octanol–water partition coefficient (Wildman–Crippen LogP) is 4.09. The summed E-state index contributed by atoms with van der Waals surface area (Å²) in [5.74, 6) is 1.65. The van der Waals surface area contributed by atoms with Crippen LogP contribution in [0.1, 0.15) is 31.4 Å². The van der Waals surface area contributed by atoms with Gasteiger partial charge in [0.15, 0.2) is 0 Å². The van der Waals surface area contributed by atoms with Gasteiger partial charge < -0.3 is 20.1 Å². The maximum atomic E-state index is 13.0. The fourth-order valence-electron chi connectivity index (χ4n) is 3.50. The molecule has 3 rings (SSSR count). The predicted molar refractivity (Wildman–Crippen MR) is 113 cm³/mol.